The highest BCUT2D eigenvalue weighted by Gasteiger charge is 2.14. The van der Waals surface area contributed by atoms with E-state index >= 15 is 0 Å². The zero-order valence-electron chi connectivity index (χ0n) is 16.1. The molecule has 28 heavy (non-hydrogen) atoms. The van der Waals surface area contributed by atoms with E-state index in [0.717, 1.165) is 17.7 Å². The van der Waals surface area contributed by atoms with Crippen LogP contribution < -0.4 is 10.6 Å². The van der Waals surface area contributed by atoms with Crippen LogP contribution in [0.4, 0.5) is 0 Å². The van der Waals surface area contributed by atoms with E-state index < -0.39 is 0 Å². The van der Waals surface area contributed by atoms with Crippen molar-refractivity contribution in [3.63, 3.8) is 0 Å². The minimum atomic E-state index is -0.271. The summed E-state index contributed by atoms with van der Waals surface area (Å²) < 4.78 is 0.557. The first-order valence-electron chi connectivity index (χ1n) is 9.25. The van der Waals surface area contributed by atoms with Crippen molar-refractivity contribution in [3.8, 4) is 0 Å². The summed E-state index contributed by atoms with van der Waals surface area (Å²) in [5.41, 5.74) is 2.58. The van der Waals surface area contributed by atoms with Crippen LogP contribution in [0.2, 0.25) is 0 Å². The number of hydrogen-bond acceptors (Lipinski definition) is 5. The second-order valence-corrected chi connectivity index (χ2v) is 8.24. The Labute approximate surface area is 178 Å². The van der Waals surface area contributed by atoms with Crippen LogP contribution in [-0.4, -0.2) is 34.1 Å². The summed E-state index contributed by atoms with van der Waals surface area (Å²) in [6, 6.07) is 8.05. The summed E-state index contributed by atoms with van der Waals surface area (Å²) in [7, 11) is 0. The van der Waals surface area contributed by atoms with Crippen molar-refractivity contribution in [3.05, 3.63) is 51.8 Å². The summed E-state index contributed by atoms with van der Waals surface area (Å²) in [4.78, 5) is 32.8. The lowest BCUT2D eigenvalue weighted by Crippen LogP contribution is -2.28. The number of thioether (sulfide) groups is 1. The quantitative estimate of drug-likeness (QED) is 0.316. The van der Waals surface area contributed by atoms with Gasteiger partial charge < -0.3 is 10.6 Å². The molecule has 2 rings (SSSR count). The minimum Gasteiger partial charge on any atom is -0.352 e. The van der Waals surface area contributed by atoms with Crippen LogP contribution in [0.1, 0.15) is 47.8 Å². The lowest BCUT2D eigenvalue weighted by molar-refractivity contribution is -0.121. The second kappa shape index (κ2) is 11.8. The van der Waals surface area contributed by atoms with Gasteiger partial charge in [-0.15, -0.1) is 0 Å². The molecule has 0 spiro atoms. The van der Waals surface area contributed by atoms with Crippen LogP contribution in [0, 0.1) is 6.92 Å². The molecule has 1 aromatic heterocycles. The monoisotopic (exact) mass is 464 g/mol. The number of benzene rings is 1. The molecule has 1 aromatic carbocycles. The third kappa shape index (κ3) is 7.59. The van der Waals surface area contributed by atoms with E-state index in [1.165, 1.54) is 17.3 Å². The van der Waals surface area contributed by atoms with Gasteiger partial charge in [-0.2, -0.15) is 0 Å². The first-order valence-corrected chi connectivity index (χ1v) is 11.0. The number of halogens is 1. The third-order valence-electron chi connectivity index (χ3n) is 3.85. The molecular formula is C20H25BrN4O2S. The Kier molecular flexibility index (Phi) is 9.43. The third-order valence-corrected chi connectivity index (χ3v) is 5.50. The van der Waals surface area contributed by atoms with E-state index in [2.05, 4.69) is 43.5 Å². The highest BCUT2D eigenvalue weighted by molar-refractivity contribution is 9.10. The van der Waals surface area contributed by atoms with Crippen LogP contribution >= 0.6 is 27.7 Å². The Morgan fingerprint density at radius 1 is 1.18 bits per heavy atom. The summed E-state index contributed by atoms with van der Waals surface area (Å²) in [6.45, 7) is 5.03. The fourth-order valence-corrected chi connectivity index (χ4v) is 3.34. The molecule has 0 fully saturated rings. The number of carbonyl (C=O) groups excluding carboxylic acids is 2. The van der Waals surface area contributed by atoms with Crippen molar-refractivity contribution in [2.75, 3.05) is 12.3 Å². The predicted octanol–water partition coefficient (Wildman–Crippen LogP) is 3.88. The highest BCUT2D eigenvalue weighted by atomic mass is 79.9. The molecule has 150 valence electrons. The van der Waals surface area contributed by atoms with Crippen LogP contribution in [-0.2, 0) is 11.3 Å². The normalized spacial score (nSPS) is 10.5. The standard InChI is InChI=1S/C20H25BrN4O2S/c1-3-11-28-20-24-13-16(21)18(25-20)19(27)22-10-4-5-17(26)23-12-15-8-6-14(2)7-9-15/h6-9,13H,3-5,10-12H2,1-2H3,(H,22,27)(H,23,26). The Morgan fingerprint density at radius 3 is 2.64 bits per heavy atom. The van der Waals surface area contributed by atoms with Gasteiger partial charge in [-0.1, -0.05) is 48.5 Å². The van der Waals surface area contributed by atoms with Gasteiger partial charge in [0, 0.05) is 31.5 Å². The largest absolute Gasteiger partial charge is 0.352 e. The number of hydrogen-bond donors (Lipinski definition) is 2. The number of nitrogens with zero attached hydrogens (tertiary/aromatic N) is 2. The SMILES string of the molecule is CCCSc1ncc(Br)c(C(=O)NCCCC(=O)NCc2ccc(C)cc2)n1. The van der Waals surface area contributed by atoms with Gasteiger partial charge in [0.1, 0.15) is 5.69 Å². The highest BCUT2D eigenvalue weighted by Crippen LogP contribution is 2.19. The molecule has 0 atom stereocenters. The molecule has 0 aliphatic heterocycles. The number of nitrogens with one attached hydrogen (secondary N) is 2. The van der Waals surface area contributed by atoms with Crippen molar-refractivity contribution in [1.82, 2.24) is 20.6 Å². The van der Waals surface area contributed by atoms with Crippen LogP contribution in [0.5, 0.6) is 0 Å². The molecule has 2 amide bonds. The van der Waals surface area contributed by atoms with Crippen molar-refractivity contribution in [2.24, 2.45) is 0 Å². The molecule has 2 N–H and O–H groups in total. The van der Waals surface area contributed by atoms with Gasteiger partial charge in [0.2, 0.25) is 5.91 Å². The Balaban J connectivity index is 1.71. The Hall–Kier alpha value is -1.93. The molecule has 0 aliphatic carbocycles. The van der Waals surface area contributed by atoms with Gasteiger partial charge >= 0.3 is 0 Å². The maximum Gasteiger partial charge on any atom is 0.271 e. The molecule has 1 heterocycles. The Bertz CT molecular complexity index is 799. The average molecular weight is 465 g/mol. The zero-order valence-corrected chi connectivity index (χ0v) is 18.5. The maximum absolute atomic E-state index is 12.3. The molecule has 8 heteroatoms. The zero-order chi connectivity index (χ0) is 20.4. The molecule has 6 nitrogen and oxygen atoms in total. The van der Waals surface area contributed by atoms with E-state index in [0.29, 0.717) is 41.3 Å². The first kappa shape index (κ1) is 22.4. The van der Waals surface area contributed by atoms with E-state index in [4.69, 9.17) is 0 Å². The molecule has 0 aliphatic rings. The van der Waals surface area contributed by atoms with Gasteiger partial charge in [0.25, 0.3) is 5.91 Å². The lowest BCUT2D eigenvalue weighted by atomic mass is 10.1. The van der Waals surface area contributed by atoms with Crippen LogP contribution in [0.15, 0.2) is 40.1 Å². The van der Waals surface area contributed by atoms with Gasteiger partial charge in [-0.3, -0.25) is 9.59 Å². The van der Waals surface area contributed by atoms with Gasteiger partial charge in [0.05, 0.1) is 4.47 Å². The van der Waals surface area contributed by atoms with E-state index in [1.54, 1.807) is 6.20 Å². The van der Waals surface area contributed by atoms with Crippen LogP contribution in [0.25, 0.3) is 0 Å². The molecule has 2 aromatic rings. The van der Waals surface area contributed by atoms with Crippen molar-refractivity contribution in [1.29, 1.82) is 0 Å². The van der Waals surface area contributed by atoms with Gasteiger partial charge in [0.15, 0.2) is 5.16 Å². The average Bonchev–Trinajstić information content (AvgIpc) is 2.70. The number of aryl methyl sites for hydroxylation is 1. The topological polar surface area (TPSA) is 84.0 Å². The number of carbonyl (C=O) groups is 2. The summed E-state index contributed by atoms with van der Waals surface area (Å²) in [5, 5.41) is 6.29. The predicted molar refractivity (Wildman–Crippen MR) is 115 cm³/mol. The van der Waals surface area contributed by atoms with Crippen molar-refractivity contribution >= 4 is 39.5 Å². The molecular weight excluding hydrogens is 440 g/mol. The first-order chi connectivity index (χ1) is 13.5. The minimum absolute atomic E-state index is 0.0312. The number of rotatable bonds is 10. The van der Waals surface area contributed by atoms with Crippen molar-refractivity contribution in [2.45, 2.75) is 44.8 Å². The lowest BCUT2D eigenvalue weighted by Gasteiger charge is -2.08. The van der Waals surface area contributed by atoms with E-state index in [-0.39, 0.29) is 11.8 Å². The summed E-state index contributed by atoms with van der Waals surface area (Å²) in [5.74, 6) is 0.601. The summed E-state index contributed by atoms with van der Waals surface area (Å²) >= 11 is 4.84. The van der Waals surface area contributed by atoms with E-state index in [9.17, 15) is 9.59 Å². The van der Waals surface area contributed by atoms with Crippen molar-refractivity contribution < 1.29 is 9.59 Å². The fourth-order valence-electron chi connectivity index (χ4n) is 2.30. The van der Waals surface area contributed by atoms with Crippen LogP contribution in [0.3, 0.4) is 0 Å². The maximum atomic E-state index is 12.3. The number of aromatic nitrogens is 2. The molecule has 0 radical (unpaired) electrons. The fraction of sp³-hybridized carbons (Fsp3) is 0.400. The molecule has 0 saturated heterocycles. The summed E-state index contributed by atoms with van der Waals surface area (Å²) in [6.07, 6.45) is 3.52. The van der Waals surface area contributed by atoms with Gasteiger partial charge in [-0.25, -0.2) is 9.97 Å². The number of amides is 2. The second-order valence-electron chi connectivity index (χ2n) is 6.32. The molecule has 0 unspecified atom stereocenters. The van der Waals surface area contributed by atoms with E-state index in [1.807, 2.05) is 31.2 Å². The smallest absolute Gasteiger partial charge is 0.271 e. The Morgan fingerprint density at radius 2 is 1.93 bits per heavy atom. The molecule has 0 bridgehead atoms. The van der Waals surface area contributed by atoms with Gasteiger partial charge in [-0.05, 0) is 41.3 Å². The molecule has 0 saturated carbocycles.